The van der Waals surface area contributed by atoms with Crippen molar-refractivity contribution in [2.45, 2.75) is 50.7 Å². The molecule has 0 unspecified atom stereocenters. The molecule has 0 aliphatic carbocycles. The summed E-state index contributed by atoms with van der Waals surface area (Å²) < 4.78 is 37.7. The fourth-order valence-corrected chi connectivity index (χ4v) is 3.77. The smallest absolute Gasteiger partial charge is 0.475 e. The average Bonchev–Trinajstić information content (AvgIpc) is 3.24. The molecule has 0 radical (unpaired) electrons. The van der Waals surface area contributed by atoms with Gasteiger partial charge in [0.1, 0.15) is 6.10 Å². The fraction of sp³-hybridized carbons (Fsp3) is 0.688. The number of thiazole rings is 1. The van der Waals surface area contributed by atoms with Gasteiger partial charge in [-0.05, 0) is 13.3 Å². The number of likely N-dealkylation sites (N-methyl/N-ethyl adjacent to an activating group) is 1. The van der Waals surface area contributed by atoms with Crippen LogP contribution in [0.25, 0.3) is 0 Å². The Kier molecular flexibility index (Phi) is 6.82. The summed E-state index contributed by atoms with van der Waals surface area (Å²) in [6, 6.07) is 0.367. The lowest BCUT2D eigenvalue weighted by Crippen LogP contribution is -2.35. The molecular formula is C16H22F3N3O4S. The third-order valence-corrected chi connectivity index (χ3v) is 5.21. The molecule has 152 valence electrons. The van der Waals surface area contributed by atoms with Crippen molar-refractivity contribution < 1.29 is 32.6 Å². The number of hydrogen-bond acceptors (Lipinski definition) is 6. The molecule has 2 fully saturated rings. The summed E-state index contributed by atoms with van der Waals surface area (Å²) in [5, 5.41) is 10.4. The van der Waals surface area contributed by atoms with Gasteiger partial charge in [0.15, 0.2) is 0 Å². The molecule has 3 rings (SSSR count). The van der Waals surface area contributed by atoms with E-state index in [-0.39, 0.29) is 18.1 Å². The number of carboxylic acids is 1. The Bertz CT molecular complexity index is 680. The van der Waals surface area contributed by atoms with E-state index in [1.807, 2.05) is 6.92 Å². The number of carboxylic acid groups (broad SMARTS) is 1. The van der Waals surface area contributed by atoms with Crippen LogP contribution in [0.2, 0.25) is 0 Å². The van der Waals surface area contributed by atoms with Gasteiger partial charge in [-0.25, -0.2) is 9.78 Å². The van der Waals surface area contributed by atoms with Gasteiger partial charge in [0.25, 0.3) is 5.91 Å². The van der Waals surface area contributed by atoms with Gasteiger partial charge in [-0.2, -0.15) is 13.2 Å². The number of carbonyl (C=O) groups excluding carboxylic acids is 1. The highest BCUT2D eigenvalue weighted by atomic mass is 32.1. The predicted molar refractivity (Wildman–Crippen MR) is 91.3 cm³/mol. The number of aryl methyl sites for hydroxylation is 1. The van der Waals surface area contributed by atoms with E-state index in [1.165, 1.54) is 0 Å². The topological polar surface area (TPSA) is 83.0 Å². The molecule has 0 bridgehead atoms. The Morgan fingerprint density at radius 1 is 1.44 bits per heavy atom. The number of ether oxygens (including phenoxy) is 1. The summed E-state index contributed by atoms with van der Waals surface area (Å²) >= 11 is 1.69. The van der Waals surface area contributed by atoms with Crippen LogP contribution < -0.4 is 0 Å². The van der Waals surface area contributed by atoms with Crippen LogP contribution in [0.4, 0.5) is 13.2 Å². The van der Waals surface area contributed by atoms with Crippen LogP contribution in [0.1, 0.15) is 23.5 Å². The van der Waals surface area contributed by atoms with Crippen LogP contribution in [0.5, 0.6) is 0 Å². The van der Waals surface area contributed by atoms with Crippen molar-refractivity contribution in [3.05, 3.63) is 16.1 Å². The van der Waals surface area contributed by atoms with Gasteiger partial charge in [-0.3, -0.25) is 9.69 Å². The molecular weight excluding hydrogens is 387 g/mol. The zero-order chi connectivity index (χ0) is 20.4. The summed E-state index contributed by atoms with van der Waals surface area (Å²) in [7, 11) is 3.57. The van der Waals surface area contributed by atoms with Gasteiger partial charge in [0.2, 0.25) is 0 Å². The number of alkyl halides is 3. The highest BCUT2D eigenvalue weighted by Crippen LogP contribution is 2.34. The number of amides is 1. The molecule has 1 aromatic heterocycles. The van der Waals surface area contributed by atoms with Crippen LogP contribution in [-0.4, -0.2) is 76.8 Å². The lowest BCUT2D eigenvalue weighted by atomic mass is 10.1. The largest absolute Gasteiger partial charge is 0.490 e. The summed E-state index contributed by atoms with van der Waals surface area (Å²) in [4.78, 5) is 29.5. The van der Waals surface area contributed by atoms with E-state index in [0.29, 0.717) is 6.04 Å². The molecule has 11 heteroatoms. The quantitative estimate of drug-likeness (QED) is 0.821. The first-order chi connectivity index (χ1) is 12.5. The maximum absolute atomic E-state index is 12.0. The molecule has 0 aromatic carbocycles. The van der Waals surface area contributed by atoms with Crippen molar-refractivity contribution in [3.8, 4) is 0 Å². The van der Waals surface area contributed by atoms with Gasteiger partial charge in [-0.1, -0.05) is 0 Å². The first kappa shape index (κ1) is 21.6. The Hall–Kier alpha value is -1.72. The van der Waals surface area contributed by atoms with Crippen molar-refractivity contribution in [2.24, 2.45) is 0 Å². The van der Waals surface area contributed by atoms with Gasteiger partial charge >= 0.3 is 12.1 Å². The van der Waals surface area contributed by atoms with Gasteiger partial charge in [0, 0.05) is 45.0 Å². The Balaban J connectivity index is 0.000000321. The zero-order valence-corrected chi connectivity index (χ0v) is 16.0. The highest BCUT2D eigenvalue weighted by molar-refractivity contribution is 7.09. The minimum Gasteiger partial charge on any atom is -0.475 e. The Morgan fingerprint density at radius 2 is 2.07 bits per heavy atom. The van der Waals surface area contributed by atoms with Gasteiger partial charge in [-0.15, -0.1) is 11.3 Å². The molecule has 0 saturated carbocycles. The number of aromatic nitrogens is 1. The Labute approximate surface area is 158 Å². The number of aliphatic carboxylic acids is 1. The molecule has 2 aliphatic rings. The predicted octanol–water partition coefficient (Wildman–Crippen LogP) is 1.90. The van der Waals surface area contributed by atoms with E-state index >= 15 is 0 Å². The molecule has 2 aliphatic heterocycles. The number of halogens is 3. The zero-order valence-electron chi connectivity index (χ0n) is 15.2. The number of fused-ring (bicyclic) bond motifs is 1. The van der Waals surface area contributed by atoms with Crippen molar-refractivity contribution in [2.75, 3.05) is 20.6 Å². The van der Waals surface area contributed by atoms with E-state index in [9.17, 15) is 18.0 Å². The molecule has 3 heterocycles. The number of likely N-dealkylation sites (tertiary alicyclic amines) is 1. The normalized spacial score (nSPS) is 24.9. The molecule has 1 amide bonds. The lowest BCUT2D eigenvalue weighted by Gasteiger charge is -2.22. The van der Waals surface area contributed by atoms with E-state index < -0.39 is 12.1 Å². The molecule has 1 N–H and O–H groups in total. The SMILES string of the molecule is Cc1nc(CN2CC[C@@H]3O[C@@H](C(=O)N(C)C)C[C@@H]32)cs1.O=C(O)C(F)(F)F. The minimum absolute atomic E-state index is 0.0869. The summed E-state index contributed by atoms with van der Waals surface area (Å²) in [6.45, 7) is 3.94. The second-order valence-corrected chi connectivity index (χ2v) is 7.68. The van der Waals surface area contributed by atoms with Crippen molar-refractivity contribution in [1.82, 2.24) is 14.8 Å². The second-order valence-electron chi connectivity index (χ2n) is 6.62. The first-order valence-electron chi connectivity index (χ1n) is 8.30. The minimum atomic E-state index is -5.08. The van der Waals surface area contributed by atoms with Crippen LogP contribution in [-0.2, 0) is 20.9 Å². The molecule has 0 spiro atoms. The van der Waals surface area contributed by atoms with Crippen molar-refractivity contribution >= 4 is 23.2 Å². The molecule has 27 heavy (non-hydrogen) atoms. The van der Waals surface area contributed by atoms with Crippen LogP contribution in [0.15, 0.2) is 5.38 Å². The standard InChI is InChI=1S/C14H21N3O2S.C2HF3O2/c1-9-15-10(8-20-9)7-17-5-4-12-11(17)6-13(19-12)14(18)16(2)3;3-2(4,5)1(6)7/h8,11-13H,4-7H2,1-3H3;(H,6,7)/t11-,12-,13+;/m0./s1. The Morgan fingerprint density at radius 3 is 2.56 bits per heavy atom. The third kappa shape index (κ3) is 5.63. The van der Waals surface area contributed by atoms with Crippen molar-refractivity contribution in [1.29, 1.82) is 0 Å². The lowest BCUT2D eigenvalue weighted by molar-refractivity contribution is -0.192. The maximum atomic E-state index is 12.0. The second kappa shape index (κ2) is 8.53. The molecule has 1 aromatic rings. The molecule has 3 atom stereocenters. The van der Waals surface area contributed by atoms with Crippen LogP contribution in [0.3, 0.4) is 0 Å². The average molecular weight is 409 g/mol. The molecule has 7 nitrogen and oxygen atoms in total. The number of rotatable bonds is 3. The summed E-state index contributed by atoms with van der Waals surface area (Å²) in [6.07, 6.45) is -3.31. The van der Waals surface area contributed by atoms with E-state index in [2.05, 4.69) is 15.3 Å². The maximum Gasteiger partial charge on any atom is 0.490 e. The van der Waals surface area contributed by atoms with Crippen LogP contribution >= 0.6 is 11.3 Å². The van der Waals surface area contributed by atoms with Gasteiger partial charge < -0.3 is 14.7 Å². The summed E-state index contributed by atoms with van der Waals surface area (Å²) in [5.74, 6) is -2.67. The molecule has 2 saturated heterocycles. The van der Waals surface area contributed by atoms with E-state index in [1.54, 1.807) is 30.3 Å². The fourth-order valence-electron chi connectivity index (χ4n) is 3.16. The van der Waals surface area contributed by atoms with Crippen LogP contribution in [0, 0.1) is 6.92 Å². The summed E-state index contributed by atoms with van der Waals surface area (Å²) in [5.41, 5.74) is 1.13. The first-order valence-corrected chi connectivity index (χ1v) is 9.18. The number of carbonyl (C=O) groups is 2. The van der Waals surface area contributed by atoms with E-state index in [0.717, 1.165) is 36.6 Å². The third-order valence-electron chi connectivity index (χ3n) is 4.38. The highest BCUT2D eigenvalue weighted by Gasteiger charge is 2.45. The van der Waals surface area contributed by atoms with Crippen molar-refractivity contribution in [3.63, 3.8) is 0 Å². The number of hydrogen-bond donors (Lipinski definition) is 1. The van der Waals surface area contributed by atoms with Gasteiger partial charge in [0.05, 0.1) is 16.8 Å². The number of nitrogens with zero attached hydrogens (tertiary/aromatic N) is 3. The monoisotopic (exact) mass is 409 g/mol. The van der Waals surface area contributed by atoms with E-state index in [4.69, 9.17) is 14.6 Å².